The second-order valence-corrected chi connectivity index (χ2v) is 7.52. The zero-order valence-corrected chi connectivity index (χ0v) is 17.1. The summed E-state index contributed by atoms with van der Waals surface area (Å²) in [5.74, 6) is -1.28. The molecule has 1 N–H and O–H groups in total. The molecule has 0 aliphatic carbocycles. The number of amides is 1. The molecule has 0 saturated heterocycles. The van der Waals surface area contributed by atoms with E-state index in [9.17, 15) is 14.0 Å². The van der Waals surface area contributed by atoms with Crippen molar-refractivity contribution in [2.75, 3.05) is 12.4 Å². The van der Waals surface area contributed by atoms with Crippen LogP contribution in [0.5, 0.6) is 0 Å². The van der Waals surface area contributed by atoms with Gasteiger partial charge in [0.05, 0.1) is 7.11 Å². The lowest BCUT2D eigenvalue weighted by Gasteiger charge is -2.07. The highest BCUT2D eigenvalue weighted by molar-refractivity contribution is 9.10. The highest BCUT2D eigenvalue weighted by atomic mass is 79.9. The zero-order chi connectivity index (χ0) is 20.1. The Hall–Kier alpha value is -2.77. The van der Waals surface area contributed by atoms with E-state index >= 15 is 0 Å². The third-order valence-corrected chi connectivity index (χ3v) is 5.29. The van der Waals surface area contributed by atoms with Crippen LogP contribution >= 0.6 is 27.3 Å². The van der Waals surface area contributed by atoms with E-state index in [0.717, 1.165) is 10.0 Å². The predicted octanol–water partition coefficient (Wildman–Crippen LogP) is 5.76. The van der Waals surface area contributed by atoms with Gasteiger partial charge in [0.2, 0.25) is 5.91 Å². The highest BCUT2D eigenvalue weighted by Crippen LogP contribution is 2.36. The number of halogens is 2. The summed E-state index contributed by atoms with van der Waals surface area (Å²) in [6.07, 6.45) is 2.89. The number of benzene rings is 2. The van der Waals surface area contributed by atoms with E-state index in [-0.39, 0.29) is 5.82 Å². The lowest BCUT2D eigenvalue weighted by atomic mass is 10.0. The zero-order valence-electron chi connectivity index (χ0n) is 14.7. The molecule has 4 nitrogen and oxygen atoms in total. The van der Waals surface area contributed by atoms with Crippen LogP contribution in [0.2, 0.25) is 0 Å². The van der Waals surface area contributed by atoms with Crippen LogP contribution in [-0.4, -0.2) is 19.0 Å². The van der Waals surface area contributed by atoms with Crippen molar-refractivity contribution in [1.82, 2.24) is 0 Å². The molecule has 1 heterocycles. The van der Waals surface area contributed by atoms with Gasteiger partial charge in [0, 0.05) is 21.5 Å². The van der Waals surface area contributed by atoms with E-state index in [1.165, 1.54) is 36.7 Å². The van der Waals surface area contributed by atoms with Gasteiger partial charge in [0.15, 0.2) is 0 Å². The van der Waals surface area contributed by atoms with Crippen molar-refractivity contribution < 1.29 is 18.7 Å². The van der Waals surface area contributed by atoms with Crippen molar-refractivity contribution in [3.63, 3.8) is 0 Å². The molecule has 0 atom stereocenters. The summed E-state index contributed by atoms with van der Waals surface area (Å²) in [6.45, 7) is 0. The Morgan fingerprint density at radius 1 is 1.11 bits per heavy atom. The highest BCUT2D eigenvalue weighted by Gasteiger charge is 2.21. The maximum atomic E-state index is 12.9. The molecule has 2 aromatic carbocycles. The number of hydrogen-bond acceptors (Lipinski definition) is 4. The van der Waals surface area contributed by atoms with Gasteiger partial charge in [0.25, 0.3) is 0 Å². The number of esters is 1. The maximum Gasteiger partial charge on any atom is 0.341 e. The van der Waals surface area contributed by atoms with Crippen LogP contribution in [0.3, 0.4) is 0 Å². The molecule has 0 saturated carbocycles. The summed E-state index contributed by atoms with van der Waals surface area (Å²) < 4.78 is 18.8. The van der Waals surface area contributed by atoms with Gasteiger partial charge in [-0.1, -0.05) is 40.2 Å². The minimum atomic E-state index is -0.531. The predicted molar refractivity (Wildman–Crippen MR) is 113 cm³/mol. The first-order valence-corrected chi connectivity index (χ1v) is 9.85. The SMILES string of the molecule is COC(=O)c1c(-c2ccc(Br)cc2)csc1NC(=O)/C=C/c1ccc(F)cc1. The molecule has 0 bridgehead atoms. The molecular weight excluding hydrogens is 445 g/mol. The second kappa shape index (κ2) is 8.95. The van der Waals surface area contributed by atoms with Crippen molar-refractivity contribution in [2.45, 2.75) is 0 Å². The number of rotatable bonds is 5. The fourth-order valence-corrected chi connectivity index (χ4v) is 3.72. The van der Waals surface area contributed by atoms with Gasteiger partial charge in [-0.3, -0.25) is 4.79 Å². The quantitative estimate of drug-likeness (QED) is 0.390. The van der Waals surface area contributed by atoms with Crippen molar-refractivity contribution in [3.8, 4) is 11.1 Å². The molecule has 3 rings (SSSR count). The molecule has 1 aromatic heterocycles. The number of ether oxygens (including phenoxy) is 1. The third kappa shape index (κ3) is 4.74. The van der Waals surface area contributed by atoms with Gasteiger partial charge in [-0.2, -0.15) is 0 Å². The van der Waals surface area contributed by atoms with Crippen LogP contribution in [0.1, 0.15) is 15.9 Å². The Bertz CT molecular complexity index is 1030. The molecule has 7 heteroatoms. The molecule has 0 aliphatic rings. The summed E-state index contributed by atoms with van der Waals surface area (Å²) in [6, 6.07) is 13.3. The number of carbonyl (C=O) groups excluding carboxylic acids is 2. The molecule has 142 valence electrons. The maximum absolute atomic E-state index is 12.9. The van der Waals surface area contributed by atoms with Gasteiger partial charge < -0.3 is 10.1 Å². The molecule has 0 spiro atoms. The first-order chi connectivity index (χ1) is 13.5. The Kier molecular flexibility index (Phi) is 6.38. The number of anilines is 1. The second-order valence-electron chi connectivity index (χ2n) is 5.73. The fraction of sp³-hybridized carbons (Fsp3) is 0.0476. The molecule has 28 heavy (non-hydrogen) atoms. The van der Waals surface area contributed by atoms with E-state index in [1.54, 1.807) is 23.6 Å². The van der Waals surface area contributed by atoms with Gasteiger partial charge in [-0.15, -0.1) is 11.3 Å². The van der Waals surface area contributed by atoms with E-state index in [4.69, 9.17) is 4.74 Å². The van der Waals surface area contributed by atoms with Gasteiger partial charge >= 0.3 is 5.97 Å². The standard InChI is InChI=1S/C21H15BrFNO3S/c1-27-21(26)19-17(14-5-7-15(22)8-6-14)12-28-20(19)24-18(25)11-4-13-2-9-16(23)10-3-13/h2-12H,1H3,(H,24,25)/b11-4+. The van der Waals surface area contributed by atoms with Crippen LogP contribution in [0, 0.1) is 5.82 Å². The number of thiophene rings is 1. The van der Waals surface area contributed by atoms with Crippen LogP contribution < -0.4 is 5.32 Å². The number of carbonyl (C=O) groups is 2. The number of methoxy groups -OCH3 is 1. The van der Waals surface area contributed by atoms with Gasteiger partial charge in [0.1, 0.15) is 16.4 Å². The molecule has 1 amide bonds. The molecular formula is C21H15BrFNO3S. The Balaban J connectivity index is 1.85. The first-order valence-electron chi connectivity index (χ1n) is 8.18. The summed E-state index contributed by atoms with van der Waals surface area (Å²) in [5, 5.41) is 4.92. The third-order valence-electron chi connectivity index (χ3n) is 3.87. The first kappa shape index (κ1) is 20.0. The van der Waals surface area contributed by atoms with Crippen molar-refractivity contribution in [1.29, 1.82) is 0 Å². The Morgan fingerprint density at radius 3 is 2.43 bits per heavy atom. The minimum Gasteiger partial charge on any atom is -0.465 e. The van der Waals surface area contributed by atoms with Gasteiger partial charge in [-0.05, 0) is 41.5 Å². The van der Waals surface area contributed by atoms with E-state index in [2.05, 4.69) is 21.2 Å². The normalized spacial score (nSPS) is 10.8. The summed E-state index contributed by atoms with van der Waals surface area (Å²) in [7, 11) is 1.30. The molecule has 3 aromatic rings. The monoisotopic (exact) mass is 459 g/mol. The Morgan fingerprint density at radius 2 is 1.79 bits per heavy atom. The summed E-state index contributed by atoms with van der Waals surface area (Å²) in [5.41, 5.74) is 2.51. The van der Waals surface area contributed by atoms with Crippen molar-refractivity contribution in [3.05, 3.63) is 81.4 Å². The van der Waals surface area contributed by atoms with Crippen LogP contribution in [0.25, 0.3) is 17.2 Å². The average Bonchev–Trinajstić information content (AvgIpc) is 3.11. The van der Waals surface area contributed by atoms with Gasteiger partial charge in [-0.25, -0.2) is 9.18 Å². The minimum absolute atomic E-state index is 0.304. The topological polar surface area (TPSA) is 55.4 Å². The Labute approximate surface area is 173 Å². The average molecular weight is 460 g/mol. The lowest BCUT2D eigenvalue weighted by molar-refractivity contribution is -0.111. The van der Waals surface area contributed by atoms with E-state index in [0.29, 0.717) is 21.7 Å². The van der Waals surface area contributed by atoms with E-state index < -0.39 is 11.9 Å². The summed E-state index contributed by atoms with van der Waals surface area (Å²) in [4.78, 5) is 24.6. The summed E-state index contributed by atoms with van der Waals surface area (Å²) >= 11 is 4.63. The largest absolute Gasteiger partial charge is 0.465 e. The molecule has 0 radical (unpaired) electrons. The van der Waals surface area contributed by atoms with Crippen LogP contribution in [-0.2, 0) is 9.53 Å². The van der Waals surface area contributed by atoms with Crippen molar-refractivity contribution in [2.24, 2.45) is 0 Å². The smallest absolute Gasteiger partial charge is 0.341 e. The lowest BCUT2D eigenvalue weighted by Crippen LogP contribution is -2.11. The van der Waals surface area contributed by atoms with E-state index in [1.807, 2.05) is 24.3 Å². The van der Waals surface area contributed by atoms with Crippen LogP contribution in [0.15, 0.2) is 64.5 Å². The fourth-order valence-electron chi connectivity index (χ4n) is 2.50. The molecule has 0 fully saturated rings. The van der Waals surface area contributed by atoms with Crippen molar-refractivity contribution >= 4 is 50.2 Å². The number of hydrogen-bond donors (Lipinski definition) is 1. The van der Waals surface area contributed by atoms with Crippen LogP contribution in [0.4, 0.5) is 9.39 Å². The molecule has 0 unspecified atom stereocenters. The number of nitrogens with one attached hydrogen (secondary N) is 1. The molecule has 0 aliphatic heterocycles.